The second-order valence-electron chi connectivity index (χ2n) is 6.28. The number of hydrogen-bond donors (Lipinski definition) is 2. The van der Waals surface area contributed by atoms with E-state index >= 15 is 0 Å². The topological polar surface area (TPSA) is 54.0 Å². The zero-order chi connectivity index (χ0) is 15.7. The van der Waals surface area contributed by atoms with Gasteiger partial charge in [-0.3, -0.25) is 4.90 Å². The Labute approximate surface area is 130 Å². The highest BCUT2D eigenvalue weighted by molar-refractivity contribution is 4.98. The van der Waals surface area contributed by atoms with Gasteiger partial charge < -0.3 is 19.9 Å². The molecule has 0 saturated heterocycles. The molecule has 1 saturated carbocycles. The van der Waals surface area contributed by atoms with E-state index in [1.807, 2.05) is 7.05 Å². The lowest BCUT2D eigenvalue weighted by Crippen LogP contribution is -2.50. The molecule has 126 valence electrons. The maximum absolute atomic E-state index is 9.77. The van der Waals surface area contributed by atoms with Crippen molar-refractivity contribution in [1.82, 2.24) is 10.2 Å². The number of aliphatic hydroxyl groups excluding tert-OH is 1. The van der Waals surface area contributed by atoms with Crippen molar-refractivity contribution in [3.8, 4) is 0 Å². The van der Waals surface area contributed by atoms with E-state index in [9.17, 15) is 5.11 Å². The fraction of sp³-hybridized carbons (Fsp3) is 1.00. The molecule has 0 bridgehead atoms. The number of rotatable bonds is 11. The van der Waals surface area contributed by atoms with Crippen molar-refractivity contribution in [2.45, 2.75) is 44.2 Å². The van der Waals surface area contributed by atoms with E-state index in [0.717, 1.165) is 39.1 Å². The first-order chi connectivity index (χ1) is 10.1. The largest absolute Gasteiger partial charge is 0.394 e. The van der Waals surface area contributed by atoms with Crippen molar-refractivity contribution in [3.63, 3.8) is 0 Å². The number of likely N-dealkylation sites (N-methyl/N-ethyl adjacent to an activating group) is 1. The number of aliphatic hydroxyl groups is 1. The first kappa shape index (κ1) is 18.8. The molecule has 2 N–H and O–H groups in total. The second-order valence-corrected chi connectivity index (χ2v) is 6.28. The molecule has 0 aromatic rings. The highest BCUT2D eigenvalue weighted by Gasteiger charge is 2.40. The van der Waals surface area contributed by atoms with Crippen LogP contribution in [0.5, 0.6) is 0 Å². The van der Waals surface area contributed by atoms with Crippen LogP contribution in [0.15, 0.2) is 0 Å². The maximum atomic E-state index is 9.77. The van der Waals surface area contributed by atoms with E-state index < -0.39 is 0 Å². The van der Waals surface area contributed by atoms with Gasteiger partial charge in [-0.15, -0.1) is 0 Å². The molecule has 0 radical (unpaired) electrons. The number of nitrogens with zero attached hydrogens (tertiary/aromatic N) is 1. The van der Waals surface area contributed by atoms with Gasteiger partial charge >= 0.3 is 0 Å². The maximum Gasteiger partial charge on any atom is 0.0615 e. The van der Waals surface area contributed by atoms with E-state index in [4.69, 9.17) is 9.47 Å². The van der Waals surface area contributed by atoms with E-state index in [1.165, 1.54) is 12.8 Å². The van der Waals surface area contributed by atoms with Crippen molar-refractivity contribution in [3.05, 3.63) is 0 Å². The predicted octanol–water partition coefficient (Wildman–Crippen LogP) is 1.11. The van der Waals surface area contributed by atoms with Gasteiger partial charge in [0, 0.05) is 32.3 Å². The molecular formula is C16H34N2O3. The summed E-state index contributed by atoms with van der Waals surface area (Å²) < 4.78 is 10.5. The molecule has 1 aliphatic carbocycles. The third kappa shape index (κ3) is 5.18. The SMILES string of the molecule is CNC1(CO)CCCC1CCN(CCOC)C(C)COC. The van der Waals surface area contributed by atoms with Crippen LogP contribution in [-0.4, -0.2) is 75.8 Å². The van der Waals surface area contributed by atoms with Gasteiger partial charge in [-0.25, -0.2) is 0 Å². The molecule has 5 nitrogen and oxygen atoms in total. The third-order valence-corrected chi connectivity index (χ3v) is 5.12. The van der Waals surface area contributed by atoms with Gasteiger partial charge in [0.15, 0.2) is 0 Å². The zero-order valence-electron chi connectivity index (χ0n) is 14.2. The van der Waals surface area contributed by atoms with Crippen molar-refractivity contribution in [2.24, 2.45) is 5.92 Å². The summed E-state index contributed by atoms with van der Waals surface area (Å²) in [5.74, 6) is 0.548. The molecule has 0 spiro atoms. The van der Waals surface area contributed by atoms with Gasteiger partial charge in [0.25, 0.3) is 0 Å². The molecule has 0 aliphatic heterocycles. The van der Waals surface area contributed by atoms with Gasteiger partial charge in [0.1, 0.15) is 0 Å². The lowest BCUT2D eigenvalue weighted by Gasteiger charge is -2.36. The van der Waals surface area contributed by atoms with E-state index in [2.05, 4.69) is 17.1 Å². The Morgan fingerprint density at radius 3 is 2.67 bits per heavy atom. The average molecular weight is 302 g/mol. The van der Waals surface area contributed by atoms with Crippen LogP contribution in [0.3, 0.4) is 0 Å². The highest BCUT2D eigenvalue weighted by Crippen LogP contribution is 2.37. The Hall–Kier alpha value is -0.200. The quantitative estimate of drug-likeness (QED) is 0.599. The first-order valence-corrected chi connectivity index (χ1v) is 8.15. The summed E-state index contributed by atoms with van der Waals surface area (Å²) in [4.78, 5) is 2.43. The Morgan fingerprint density at radius 2 is 2.10 bits per heavy atom. The number of methoxy groups -OCH3 is 2. The average Bonchev–Trinajstić information content (AvgIpc) is 2.91. The van der Waals surface area contributed by atoms with Gasteiger partial charge in [0.2, 0.25) is 0 Å². The Kier molecular flexibility index (Phi) is 8.74. The van der Waals surface area contributed by atoms with E-state index in [1.54, 1.807) is 14.2 Å². The standard InChI is InChI=1S/C16H34N2O3/c1-14(12-21-4)18(10-11-20-3)9-7-15-6-5-8-16(15,13-19)17-2/h14-15,17,19H,5-13H2,1-4H3. The van der Waals surface area contributed by atoms with Gasteiger partial charge in [-0.2, -0.15) is 0 Å². The van der Waals surface area contributed by atoms with Crippen molar-refractivity contribution in [2.75, 3.05) is 54.2 Å². The van der Waals surface area contributed by atoms with E-state index in [-0.39, 0.29) is 12.1 Å². The summed E-state index contributed by atoms with van der Waals surface area (Å²) in [6.45, 7) is 5.88. The van der Waals surface area contributed by atoms with Gasteiger partial charge in [-0.05, 0) is 45.7 Å². The predicted molar refractivity (Wildman–Crippen MR) is 85.6 cm³/mol. The molecule has 1 fully saturated rings. The number of ether oxygens (including phenoxy) is 2. The lowest BCUT2D eigenvalue weighted by atomic mass is 9.85. The zero-order valence-corrected chi connectivity index (χ0v) is 14.2. The van der Waals surface area contributed by atoms with Crippen molar-refractivity contribution < 1.29 is 14.6 Å². The van der Waals surface area contributed by atoms with Crippen LogP contribution in [-0.2, 0) is 9.47 Å². The minimum absolute atomic E-state index is 0.0720. The summed E-state index contributed by atoms with van der Waals surface area (Å²) in [5.41, 5.74) is -0.0720. The van der Waals surface area contributed by atoms with Crippen LogP contribution in [0.25, 0.3) is 0 Å². The Bertz CT molecular complexity index is 272. The van der Waals surface area contributed by atoms with Crippen LogP contribution < -0.4 is 5.32 Å². The van der Waals surface area contributed by atoms with Crippen LogP contribution in [0, 0.1) is 5.92 Å². The monoisotopic (exact) mass is 302 g/mol. The molecule has 3 unspecified atom stereocenters. The molecule has 1 aliphatic rings. The molecule has 3 atom stereocenters. The normalized spacial score (nSPS) is 27.4. The van der Waals surface area contributed by atoms with Crippen LogP contribution in [0.4, 0.5) is 0 Å². The first-order valence-electron chi connectivity index (χ1n) is 8.15. The molecule has 21 heavy (non-hydrogen) atoms. The molecule has 5 heteroatoms. The lowest BCUT2D eigenvalue weighted by molar-refractivity contribution is 0.0629. The summed E-state index contributed by atoms with van der Waals surface area (Å²) in [7, 11) is 5.47. The van der Waals surface area contributed by atoms with Crippen molar-refractivity contribution >= 4 is 0 Å². The molecule has 0 aromatic heterocycles. The van der Waals surface area contributed by atoms with Gasteiger partial charge in [-0.1, -0.05) is 6.42 Å². The Morgan fingerprint density at radius 1 is 1.33 bits per heavy atom. The fourth-order valence-corrected chi connectivity index (χ4v) is 3.61. The third-order valence-electron chi connectivity index (χ3n) is 5.12. The number of hydrogen-bond acceptors (Lipinski definition) is 5. The smallest absolute Gasteiger partial charge is 0.0615 e. The van der Waals surface area contributed by atoms with Crippen molar-refractivity contribution in [1.29, 1.82) is 0 Å². The molecule has 1 rings (SSSR count). The summed E-state index contributed by atoms with van der Waals surface area (Å²) >= 11 is 0. The fourth-order valence-electron chi connectivity index (χ4n) is 3.61. The molecular weight excluding hydrogens is 268 g/mol. The van der Waals surface area contributed by atoms with Gasteiger partial charge in [0.05, 0.1) is 19.8 Å². The summed E-state index contributed by atoms with van der Waals surface area (Å²) in [6.07, 6.45) is 4.60. The van der Waals surface area contributed by atoms with Crippen LogP contribution in [0.2, 0.25) is 0 Å². The number of nitrogens with one attached hydrogen (secondary N) is 1. The Balaban J connectivity index is 2.54. The molecule has 0 amide bonds. The minimum Gasteiger partial charge on any atom is -0.394 e. The molecule has 0 heterocycles. The second kappa shape index (κ2) is 9.74. The van der Waals surface area contributed by atoms with Crippen LogP contribution in [0.1, 0.15) is 32.6 Å². The minimum atomic E-state index is -0.0720. The van der Waals surface area contributed by atoms with E-state index in [0.29, 0.717) is 12.0 Å². The van der Waals surface area contributed by atoms with Crippen LogP contribution >= 0.6 is 0 Å². The summed E-state index contributed by atoms with van der Waals surface area (Å²) in [5, 5.41) is 13.2. The highest BCUT2D eigenvalue weighted by atomic mass is 16.5. The molecule has 0 aromatic carbocycles. The summed E-state index contributed by atoms with van der Waals surface area (Å²) in [6, 6.07) is 0.393.